The van der Waals surface area contributed by atoms with Crippen LogP contribution in [-0.4, -0.2) is 17.0 Å². The molecular formula is C15H19N3O2S. The summed E-state index contributed by atoms with van der Waals surface area (Å²) >= 11 is 1.38. The number of benzene rings is 1. The number of aromatic nitrogens is 1. The third-order valence-corrected chi connectivity index (χ3v) is 3.85. The number of nitrogens with one attached hydrogen (secondary N) is 1. The number of ether oxygens (including phenoxy) is 1. The van der Waals surface area contributed by atoms with Crippen LogP contribution in [0.25, 0.3) is 0 Å². The zero-order valence-corrected chi connectivity index (χ0v) is 12.9. The Bertz CT molecular complexity index is 595. The molecule has 1 amide bonds. The van der Waals surface area contributed by atoms with Gasteiger partial charge >= 0.3 is 0 Å². The van der Waals surface area contributed by atoms with E-state index >= 15 is 0 Å². The molecule has 6 heteroatoms. The molecule has 112 valence electrons. The molecule has 0 spiro atoms. The number of anilines is 1. The third-order valence-electron chi connectivity index (χ3n) is 2.98. The van der Waals surface area contributed by atoms with E-state index < -0.39 is 0 Å². The summed E-state index contributed by atoms with van der Waals surface area (Å²) < 4.78 is 5.69. The van der Waals surface area contributed by atoms with E-state index in [0.29, 0.717) is 17.9 Å². The fraction of sp³-hybridized carbons (Fsp3) is 0.333. The van der Waals surface area contributed by atoms with Crippen molar-refractivity contribution in [3.63, 3.8) is 0 Å². The zero-order chi connectivity index (χ0) is 15.2. The molecule has 2 rings (SSSR count). The molecule has 0 radical (unpaired) electrons. The van der Waals surface area contributed by atoms with Crippen LogP contribution in [0.5, 0.6) is 5.75 Å². The van der Waals surface area contributed by atoms with Gasteiger partial charge in [0.2, 0.25) is 0 Å². The van der Waals surface area contributed by atoms with E-state index in [1.165, 1.54) is 11.3 Å². The zero-order valence-electron chi connectivity index (χ0n) is 12.1. The van der Waals surface area contributed by atoms with Gasteiger partial charge in [0.15, 0.2) is 0 Å². The Balaban J connectivity index is 1.98. The summed E-state index contributed by atoms with van der Waals surface area (Å²) in [5, 5.41) is 5.25. The SMILES string of the molecule is CCC(C)Oc1ccc(NC(=O)c2csc(CN)n2)cc1. The molecule has 1 atom stereocenters. The van der Waals surface area contributed by atoms with E-state index in [2.05, 4.69) is 17.2 Å². The topological polar surface area (TPSA) is 77.2 Å². The monoisotopic (exact) mass is 305 g/mol. The van der Waals surface area contributed by atoms with Crippen LogP contribution in [0.4, 0.5) is 5.69 Å². The van der Waals surface area contributed by atoms with Crippen molar-refractivity contribution in [1.29, 1.82) is 0 Å². The predicted octanol–water partition coefficient (Wildman–Crippen LogP) is 3.03. The summed E-state index contributed by atoms with van der Waals surface area (Å²) in [6.45, 7) is 4.44. The van der Waals surface area contributed by atoms with E-state index in [-0.39, 0.29) is 12.0 Å². The van der Waals surface area contributed by atoms with Crippen LogP contribution in [0.1, 0.15) is 35.8 Å². The van der Waals surface area contributed by atoms with Gasteiger partial charge in [0, 0.05) is 17.6 Å². The Morgan fingerprint density at radius 2 is 2.14 bits per heavy atom. The number of rotatable bonds is 6. The molecule has 3 N–H and O–H groups in total. The first-order chi connectivity index (χ1) is 10.1. The maximum absolute atomic E-state index is 12.0. The van der Waals surface area contributed by atoms with Gasteiger partial charge in [0.05, 0.1) is 6.10 Å². The Morgan fingerprint density at radius 1 is 1.43 bits per heavy atom. The van der Waals surface area contributed by atoms with E-state index in [1.807, 2.05) is 31.2 Å². The molecule has 0 fully saturated rings. The van der Waals surface area contributed by atoms with Crippen LogP contribution in [-0.2, 0) is 6.54 Å². The molecule has 2 aromatic rings. The minimum absolute atomic E-state index is 0.176. The fourth-order valence-corrected chi connectivity index (χ4v) is 2.29. The van der Waals surface area contributed by atoms with Crippen molar-refractivity contribution in [3.8, 4) is 5.75 Å². The summed E-state index contributed by atoms with van der Waals surface area (Å²) in [6, 6.07) is 7.31. The number of hydrogen-bond acceptors (Lipinski definition) is 5. The summed E-state index contributed by atoms with van der Waals surface area (Å²) in [7, 11) is 0. The van der Waals surface area contributed by atoms with Crippen molar-refractivity contribution in [1.82, 2.24) is 4.98 Å². The first kappa shape index (κ1) is 15.5. The van der Waals surface area contributed by atoms with E-state index in [4.69, 9.17) is 10.5 Å². The van der Waals surface area contributed by atoms with Crippen molar-refractivity contribution in [2.75, 3.05) is 5.32 Å². The number of amides is 1. The van der Waals surface area contributed by atoms with Gasteiger partial charge in [0.1, 0.15) is 16.5 Å². The van der Waals surface area contributed by atoms with E-state index in [1.54, 1.807) is 5.38 Å². The van der Waals surface area contributed by atoms with Crippen LogP contribution in [0.3, 0.4) is 0 Å². The molecule has 1 aromatic carbocycles. The van der Waals surface area contributed by atoms with Gasteiger partial charge in [-0.1, -0.05) is 6.92 Å². The summed E-state index contributed by atoms with van der Waals surface area (Å²) in [5.41, 5.74) is 6.58. The van der Waals surface area contributed by atoms with Gasteiger partial charge in [-0.2, -0.15) is 0 Å². The van der Waals surface area contributed by atoms with Crippen LogP contribution in [0.15, 0.2) is 29.6 Å². The van der Waals surface area contributed by atoms with Gasteiger partial charge in [-0.25, -0.2) is 4.98 Å². The summed E-state index contributed by atoms with van der Waals surface area (Å²) in [5.74, 6) is 0.558. The normalized spacial score (nSPS) is 12.0. The quantitative estimate of drug-likeness (QED) is 0.860. The minimum Gasteiger partial charge on any atom is -0.491 e. The Kier molecular flexibility index (Phi) is 5.30. The van der Waals surface area contributed by atoms with Crippen LogP contribution in [0, 0.1) is 0 Å². The molecule has 21 heavy (non-hydrogen) atoms. The second kappa shape index (κ2) is 7.19. The van der Waals surface area contributed by atoms with Crippen molar-refractivity contribution in [3.05, 3.63) is 40.3 Å². The molecule has 0 bridgehead atoms. The maximum Gasteiger partial charge on any atom is 0.275 e. The molecule has 1 aromatic heterocycles. The number of carbonyl (C=O) groups is 1. The number of thiazole rings is 1. The van der Waals surface area contributed by atoms with Crippen LogP contribution < -0.4 is 15.8 Å². The fourth-order valence-electron chi connectivity index (χ4n) is 1.64. The Labute approximate surface area is 128 Å². The van der Waals surface area contributed by atoms with Crippen molar-refractivity contribution in [2.45, 2.75) is 32.9 Å². The smallest absolute Gasteiger partial charge is 0.275 e. The van der Waals surface area contributed by atoms with Gasteiger partial charge < -0.3 is 15.8 Å². The Hall–Kier alpha value is -1.92. The highest BCUT2D eigenvalue weighted by molar-refractivity contribution is 7.09. The van der Waals surface area contributed by atoms with E-state index in [9.17, 15) is 4.79 Å². The summed E-state index contributed by atoms with van der Waals surface area (Å²) in [4.78, 5) is 16.2. The van der Waals surface area contributed by atoms with Crippen molar-refractivity contribution < 1.29 is 9.53 Å². The maximum atomic E-state index is 12.0. The first-order valence-electron chi connectivity index (χ1n) is 6.85. The highest BCUT2D eigenvalue weighted by atomic mass is 32.1. The van der Waals surface area contributed by atoms with Gasteiger partial charge in [0.25, 0.3) is 5.91 Å². The van der Waals surface area contributed by atoms with Crippen LogP contribution in [0.2, 0.25) is 0 Å². The largest absolute Gasteiger partial charge is 0.491 e. The lowest BCUT2D eigenvalue weighted by Gasteiger charge is -2.12. The highest BCUT2D eigenvalue weighted by Gasteiger charge is 2.10. The molecule has 0 aliphatic heterocycles. The highest BCUT2D eigenvalue weighted by Crippen LogP contribution is 2.18. The number of nitrogens with zero attached hydrogens (tertiary/aromatic N) is 1. The number of carbonyl (C=O) groups excluding carboxylic acids is 1. The molecule has 0 saturated heterocycles. The number of hydrogen-bond donors (Lipinski definition) is 2. The van der Waals surface area contributed by atoms with E-state index in [0.717, 1.165) is 17.2 Å². The molecule has 5 nitrogen and oxygen atoms in total. The second-order valence-electron chi connectivity index (χ2n) is 4.65. The average molecular weight is 305 g/mol. The first-order valence-corrected chi connectivity index (χ1v) is 7.73. The second-order valence-corrected chi connectivity index (χ2v) is 5.59. The van der Waals surface area contributed by atoms with Gasteiger partial charge in [-0.05, 0) is 37.6 Å². The lowest BCUT2D eigenvalue weighted by Crippen LogP contribution is -2.13. The molecule has 0 saturated carbocycles. The lowest BCUT2D eigenvalue weighted by molar-refractivity contribution is 0.102. The Morgan fingerprint density at radius 3 is 2.71 bits per heavy atom. The van der Waals surface area contributed by atoms with Gasteiger partial charge in [-0.3, -0.25) is 4.79 Å². The minimum atomic E-state index is -0.235. The standard InChI is InChI=1S/C15H19N3O2S/c1-3-10(2)20-12-6-4-11(5-7-12)17-15(19)13-9-21-14(8-16)18-13/h4-7,9-10H,3,8,16H2,1-2H3,(H,17,19). The molecule has 0 aliphatic rings. The van der Waals surface area contributed by atoms with Gasteiger partial charge in [-0.15, -0.1) is 11.3 Å². The van der Waals surface area contributed by atoms with Crippen molar-refractivity contribution in [2.24, 2.45) is 5.73 Å². The molecule has 1 unspecified atom stereocenters. The number of nitrogens with two attached hydrogens (primary N) is 1. The third kappa shape index (κ3) is 4.27. The lowest BCUT2D eigenvalue weighted by atomic mass is 10.2. The molecular weight excluding hydrogens is 286 g/mol. The van der Waals surface area contributed by atoms with Crippen molar-refractivity contribution >= 4 is 22.9 Å². The average Bonchev–Trinajstić information content (AvgIpc) is 2.98. The summed E-state index contributed by atoms with van der Waals surface area (Å²) in [6.07, 6.45) is 1.13. The molecule has 0 aliphatic carbocycles. The predicted molar refractivity (Wildman–Crippen MR) is 84.8 cm³/mol. The van der Waals surface area contributed by atoms with Crippen LogP contribution >= 0.6 is 11.3 Å². The molecule has 1 heterocycles.